The van der Waals surface area contributed by atoms with Gasteiger partial charge in [-0.1, -0.05) is 13.0 Å². The summed E-state index contributed by atoms with van der Waals surface area (Å²) < 4.78 is 29.1. The maximum atomic E-state index is 12.4. The zero-order valence-electron chi connectivity index (χ0n) is 11.7. The highest BCUT2D eigenvalue weighted by molar-refractivity contribution is 7.92. The number of nitrogens with zero attached hydrogens (tertiary/aromatic N) is 2. The number of hydrogen-bond acceptors (Lipinski definition) is 4. The van der Waals surface area contributed by atoms with E-state index in [9.17, 15) is 8.42 Å². The van der Waals surface area contributed by atoms with E-state index in [1.807, 2.05) is 6.92 Å². The number of hydrogen-bond donors (Lipinski definition) is 2. The molecule has 1 aromatic carbocycles. The summed E-state index contributed by atoms with van der Waals surface area (Å²) in [6.07, 6.45) is 2.30. The van der Waals surface area contributed by atoms with Crippen LogP contribution in [0, 0.1) is 6.92 Å². The number of nitrogens with two attached hydrogens (primary N) is 1. The average Bonchev–Trinajstić information content (AvgIpc) is 2.71. The number of rotatable bonds is 4. The van der Waals surface area contributed by atoms with Crippen LogP contribution in [0.2, 0.25) is 0 Å². The molecule has 20 heavy (non-hydrogen) atoms. The fraction of sp³-hybridized carbons (Fsp3) is 0.308. The van der Waals surface area contributed by atoms with Gasteiger partial charge in [0.1, 0.15) is 0 Å². The molecule has 0 aliphatic carbocycles. The van der Waals surface area contributed by atoms with Crippen LogP contribution in [0.15, 0.2) is 29.3 Å². The molecule has 7 heteroatoms. The molecule has 0 unspecified atom stereocenters. The van der Waals surface area contributed by atoms with E-state index in [1.165, 1.54) is 6.07 Å². The van der Waals surface area contributed by atoms with Gasteiger partial charge in [0.05, 0.1) is 16.3 Å². The second kappa shape index (κ2) is 5.16. The predicted octanol–water partition coefficient (Wildman–Crippen LogP) is 1.67. The molecular weight excluding hydrogens is 276 g/mol. The second-order valence-corrected chi connectivity index (χ2v) is 6.24. The Balaban J connectivity index is 2.43. The number of aryl methyl sites for hydroxylation is 2. The van der Waals surface area contributed by atoms with Gasteiger partial charge < -0.3 is 5.73 Å². The lowest BCUT2D eigenvalue weighted by Gasteiger charge is -2.11. The molecule has 0 spiro atoms. The molecule has 0 saturated carbocycles. The summed E-state index contributed by atoms with van der Waals surface area (Å²) in [7, 11) is -1.92. The van der Waals surface area contributed by atoms with Gasteiger partial charge >= 0.3 is 0 Å². The van der Waals surface area contributed by atoms with Crippen LogP contribution in [0.5, 0.6) is 0 Å². The molecule has 2 rings (SSSR count). The van der Waals surface area contributed by atoms with Gasteiger partial charge in [-0.15, -0.1) is 0 Å². The minimum absolute atomic E-state index is 0.184. The van der Waals surface area contributed by atoms with E-state index >= 15 is 0 Å². The van der Waals surface area contributed by atoms with Crippen molar-refractivity contribution >= 4 is 21.4 Å². The van der Waals surface area contributed by atoms with Crippen molar-refractivity contribution in [1.82, 2.24) is 9.78 Å². The molecule has 0 fully saturated rings. The van der Waals surface area contributed by atoms with E-state index in [4.69, 9.17) is 5.73 Å². The fourth-order valence-corrected chi connectivity index (χ4v) is 3.35. The highest BCUT2D eigenvalue weighted by Gasteiger charge is 2.20. The van der Waals surface area contributed by atoms with Gasteiger partial charge in [0.2, 0.25) is 0 Å². The molecule has 0 atom stereocenters. The summed E-state index contributed by atoms with van der Waals surface area (Å²) in [5, 5.41) is 4.21. The molecule has 0 saturated heterocycles. The number of nitrogen functional groups attached to an aromatic ring is 1. The van der Waals surface area contributed by atoms with Crippen molar-refractivity contribution in [3.05, 3.63) is 35.7 Å². The zero-order valence-corrected chi connectivity index (χ0v) is 12.5. The maximum absolute atomic E-state index is 12.4. The number of nitrogens with one attached hydrogen (secondary N) is 1. The third-order valence-electron chi connectivity index (χ3n) is 3.10. The quantitative estimate of drug-likeness (QED) is 0.839. The SMILES string of the molecule is CCc1nn(C)cc1NS(=O)(=O)c1cccc(N)c1C. The first-order chi connectivity index (χ1) is 9.35. The molecule has 2 aromatic rings. The van der Waals surface area contributed by atoms with Crippen LogP contribution in [0.25, 0.3) is 0 Å². The normalized spacial score (nSPS) is 11.6. The first kappa shape index (κ1) is 14.4. The Hall–Kier alpha value is -2.02. The molecule has 6 nitrogen and oxygen atoms in total. The highest BCUT2D eigenvalue weighted by Crippen LogP contribution is 2.24. The van der Waals surface area contributed by atoms with E-state index in [2.05, 4.69) is 9.82 Å². The molecule has 0 bridgehead atoms. The van der Waals surface area contributed by atoms with E-state index < -0.39 is 10.0 Å². The standard InChI is InChI=1S/C13H18N4O2S/c1-4-11-12(8-17(3)15-11)16-20(18,19)13-7-5-6-10(14)9(13)2/h5-8,16H,4,14H2,1-3H3. The van der Waals surface area contributed by atoms with E-state index in [0.29, 0.717) is 29.1 Å². The van der Waals surface area contributed by atoms with Crippen molar-refractivity contribution in [2.75, 3.05) is 10.5 Å². The fourth-order valence-electron chi connectivity index (χ4n) is 2.00. The number of aromatic nitrogens is 2. The summed E-state index contributed by atoms with van der Waals surface area (Å²) >= 11 is 0. The first-order valence-electron chi connectivity index (χ1n) is 6.25. The van der Waals surface area contributed by atoms with Crippen LogP contribution in [0.4, 0.5) is 11.4 Å². The van der Waals surface area contributed by atoms with Crippen LogP contribution in [0.3, 0.4) is 0 Å². The topological polar surface area (TPSA) is 90.0 Å². The van der Waals surface area contributed by atoms with E-state index in [1.54, 1.807) is 37.0 Å². The van der Waals surface area contributed by atoms with Gasteiger partial charge in [-0.05, 0) is 31.0 Å². The molecule has 0 aliphatic rings. The lowest BCUT2D eigenvalue weighted by molar-refractivity contribution is 0.600. The van der Waals surface area contributed by atoms with Gasteiger partial charge in [0, 0.05) is 18.9 Å². The zero-order chi connectivity index (χ0) is 14.9. The van der Waals surface area contributed by atoms with Crippen LogP contribution in [0.1, 0.15) is 18.2 Å². The van der Waals surface area contributed by atoms with Crippen LogP contribution in [-0.2, 0) is 23.5 Å². The van der Waals surface area contributed by atoms with Gasteiger partial charge in [0.25, 0.3) is 10.0 Å². The molecule has 0 radical (unpaired) electrons. The molecule has 0 aliphatic heterocycles. The third kappa shape index (κ3) is 2.62. The summed E-state index contributed by atoms with van der Waals surface area (Å²) in [5.41, 5.74) is 7.96. The largest absolute Gasteiger partial charge is 0.398 e. The van der Waals surface area contributed by atoms with Crippen molar-refractivity contribution in [3.8, 4) is 0 Å². The van der Waals surface area contributed by atoms with Crippen LogP contribution in [-0.4, -0.2) is 18.2 Å². The number of sulfonamides is 1. The maximum Gasteiger partial charge on any atom is 0.262 e. The Morgan fingerprint density at radius 3 is 2.75 bits per heavy atom. The third-order valence-corrected chi connectivity index (χ3v) is 4.61. The molecule has 3 N–H and O–H groups in total. The minimum atomic E-state index is -3.67. The number of anilines is 2. The van der Waals surface area contributed by atoms with Crippen molar-refractivity contribution in [2.45, 2.75) is 25.2 Å². The summed E-state index contributed by atoms with van der Waals surface area (Å²) in [4.78, 5) is 0.184. The van der Waals surface area contributed by atoms with Crippen molar-refractivity contribution in [2.24, 2.45) is 7.05 Å². The second-order valence-electron chi connectivity index (χ2n) is 4.59. The van der Waals surface area contributed by atoms with E-state index in [-0.39, 0.29) is 4.90 Å². The predicted molar refractivity (Wildman–Crippen MR) is 79.0 cm³/mol. The lowest BCUT2D eigenvalue weighted by atomic mass is 10.2. The Morgan fingerprint density at radius 2 is 2.10 bits per heavy atom. The van der Waals surface area contributed by atoms with Gasteiger partial charge in [-0.25, -0.2) is 8.42 Å². The molecule has 0 amide bonds. The number of benzene rings is 1. The minimum Gasteiger partial charge on any atom is -0.398 e. The Kier molecular flexibility index (Phi) is 3.71. The van der Waals surface area contributed by atoms with E-state index in [0.717, 1.165) is 0 Å². The Bertz CT molecular complexity index is 735. The van der Waals surface area contributed by atoms with Crippen molar-refractivity contribution < 1.29 is 8.42 Å². The molecule has 1 heterocycles. The van der Waals surface area contributed by atoms with Gasteiger partial charge in [-0.3, -0.25) is 9.40 Å². The van der Waals surface area contributed by atoms with Gasteiger partial charge in [-0.2, -0.15) is 5.10 Å². The lowest BCUT2D eigenvalue weighted by Crippen LogP contribution is -2.15. The summed E-state index contributed by atoms with van der Waals surface area (Å²) in [6.45, 7) is 3.61. The monoisotopic (exact) mass is 294 g/mol. The van der Waals surface area contributed by atoms with Crippen LogP contribution < -0.4 is 10.5 Å². The molecule has 1 aromatic heterocycles. The van der Waals surface area contributed by atoms with Crippen LogP contribution >= 0.6 is 0 Å². The summed E-state index contributed by atoms with van der Waals surface area (Å²) in [5.74, 6) is 0. The first-order valence-corrected chi connectivity index (χ1v) is 7.74. The van der Waals surface area contributed by atoms with Crippen molar-refractivity contribution in [3.63, 3.8) is 0 Å². The highest BCUT2D eigenvalue weighted by atomic mass is 32.2. The van der Waals surface area contributed by atoms with Crippen molar-refractivity contribution in [1.29, 1.82) is 0 Å². The Morgan fingerprint density at radius 1 is 1.40 bits per heavy atom. The Labute approximate surface area is 118 Å². The molecular formula is C13H18N4O2S. The summed E-state index contributed by atoms with van der Waals surface area (Å²) in [6, 6.07) is 4.84. The van der Waals surface area contributed by atoms with Gasteiger partial charge in [0.15, 0.2) is 0 Å². The molecule has 108 valence electrons. The smallest absolute Gasteiger partial charge is 0.262 e. The average molecular weight is 294 g/mol.